The molecule has 15 heteroatoms. The fourth-order valence-corrected chi connectivity index (χ4v) is 4.85. The Morgan fingerprint density at radius 2 is 1.94 bits per heavy atom. The lowest BCUT2D eigenvalue weighted by Crippen LogP contribution is -2.42. The van der Waals surface area contributed by atoms with Gasteiger partial charge in [0.2, 0.25) is 13.4 Å². The minimum Gasteiger partial charge on any atom is -0.468 e. The highest BCUT2D eigenvalue weighted by Crippen LogP contribution is 2.37. The molecule has 0 aliphatic rings. The number of nitrogens with one attached hydrogen (secondary N) is 3. The summed E-state index contributed by atoms with van der Waals surface area (Å²) in [6.07, 6.45) is 1.06. The average molecular weight is 473 g/mol. The number of anilines is 1. The number of hydrogen-bond donors (Lipinski definition) is 4. The van der Waals surface area contributed by atoms with E-state index < -0.39 is 37.0 Å². The summed E-state index contributed by atoms with van der Waals surface area (Å²) in [5.41, 5.74) is 5.52. The monoisotopic (exact) mass is 473 g/mol. The zero-order valence-electron chi connectivity index (χ0n) is 18.3. The van der Waals surface area contributed by atoms with Gasteiger partial charge in [0.15, 0.2) is 11.2 Å². The number of rotatable bonds is 12. The van der Waals surface area contributed by atoms with E-state index in [1.165, 1.54) is 27.3 Å². The van der Waals surface area contributed by atoms with Gasteiger partial charge in [-0.15, -0.1) is 0 Å². The quantitative estimate of drug-likeness (QED) is 0.177. The fraction of sp³-hybridized carbons (Fsp3) is 0.588. The number of esters is 2. The molecule has 0 amide bonds. The van der Waals surface area contributed by atoms with Gasteiger partial charge in [-0.2, -0.15) is 4.98 Å². The molecule has 0 bridgehead atoms. The van der Waals surface area contributed by atoms with E-state index in [0.717, 1.165) is 0 Å². The minimum absolute atomic E-state index is 0.0483. The van der Waals surface area contributed by atoms with Crippen molar-refractivity contribution >= 4 is 36.5 Å². The van der Waals surface area contributed by atoms with Gasteiger partial charge in [0.05, 0.1) is 26.7 Å². The fourth-order valence-electron chi connectivity index (χ4n) is 2.78. The van der Waals surface area contributed by atoms with Crippen molar-refractivity contribution < 1.29 is 28.4 Å². The van der Waals surface area contributed by atoms with Crippen LogP contribution in [-0.2, 0) is 34.9 Å². The van der Waals surface area contributed by atoms with Crippen molar-refractivity contribution in [3.05, 3.63) is 16.7 Å². The number of hydrogen-bond acceptors (Lipinski definition) is 10. The Kier molecular flexibility index (Phi) is 8.89. The third kappa shape index (κ3) is 6.60. The molecule has 178 valence electrons. The molecule has 1 unspecified atom stereocenters. The maximum absolute atomic E-state index is 13.4. The van der Waals surface area contributed by atoms with Crippen LogP contribution in [0.15, 0.2) is 11.1 Å². The third-order valence-corrected chi connectivity index (χ3v) is 6.40. The van der Waals surface area contributed by atoms with Crippen LogP contribution in [0.4, 0.5) is 5.95 Å². The normalized spacial score (nSPS) is 15.1. The highest BCUT2D eigenvalue weighted by atomic mass is 31.2. The predicted molar refractivity (Wildman–Crippen MR) is 115 cm³/mol. The summed E-state index contributed by atoms with van der Waals surface area (Å²) in [7, 11) is -2.38. The Bertz CT molecular complexity index is 1050. The standard InChI is InChI=1S/C17H28N7O7P/c1-5-31-16(27)11(3)23-32(28,22-10(2)15(26)29-4)9-30-7-6-24-8-19-12-13(24)20-17(18)21-14(12)25/h8,10-11H,5-7,9H2,1-4H3,(H2,22,23,28)(H3,18,20,21,25)/t10-,11+,32?/m1/s1. The SMILES string of the molecule is CCOC(=O)[C@H](C)NP(=O)(COCCn1cnc2c(=O)[nH]c(N)nc21)N[C@H](C)C(=O)OC. The number of carbonyl (C=O) groups is 2. The van der Waals surface area contributed by atoms with Crippen LogP contribution in [0.5, 0.6) is 0 Å². The number of methoxy groups -OCH3 is 1. The lowest BCUT2D eigenvalue weighted by molar-refractivity contribution is -0.144. The van der Waals surface area contributed by atoms with Gasteiger partial charge in [-0.25, -0.2) is 15.2 Å². The molecular weight excluding hydrogens is 445 g/mol. The summed E-state index contributed by atoms with van der Waals surface area (Å²) >= 11 is 0. The van der Waals surface area contributed by atoms with E-state index in [-0.39, 0.29) is 43.2 Å². The number of aromatic amines is 1. The van der Waals surface area contributed by atoms with Gasteiger partial charge >= 0.3 is 11.9 Å². The van der Waals surface area contributed by atoms with Crippen molar-refractivity contribution in [1.82, 2.24) is 29.7 Å². The molecule has 0 aromatic carbocycles. The largest absolute Gasteiger partial charge is 0.468 e. The third-order valence-electron chi connectivity index (χ3n) is 4.24. The number of fused-ring (bicyclic) bond motifs is 1. The number of imidazole rings is 1. The number of aromatic nitrogens is 4. The van der Waals surface area contributed by atoms with Crippen molar-refractivity contribution in [2.75, 3.05) is 32.4 Å². The van der Waals surface area contributed by atoms with Crippen LogP contribution in [-0.4, -0.2) is 70.2 Å². The van der Waals surface area contributed by atoms with Crippen LogP contribution in [0.1, 0.15) is 20.8 Å². The maximum Gasteiger partial charge on any atom is 0.323 e. The number of nitrogens with zero attached hydrogens (tertiary/aromatic N) is 3. The lowest BCUT2D eigenvalue weighted by atomic mass is 10.4. The smallest absolute Gasteiger partial charge is 0.323 e. The van der Waals surface area contributed by atoms with Crippen LogP contribution in [0.2, 0.25) is 0 Å². The topological polar surface area (TPSA) is 193 Å². The molecule has 2 rings (SSSR count). The molecule has 2 aromatic rings. The van der Waals surface area contributed by atoms with Crippen LogP contribution < -0.4 is 21.5 Å². The van der Waals surface area contributed by atoms with Gasteiger partial charge in [-0.3, -0.25) is 23.9 Å². The molecule has 14 nitrogen and oxygen atoms in total. The van der Waals surface area contributed by atoms with Gasteiger partial charge in [0.1, 0.15) is 18.4 Å². The van der Waals surface area contributed by atoms with Crippen LogP contribution in [0.3, 0.4) is 0 Å². The number of nitrogen functional groups attached to an aromatic ring is 1. The van der Waals surface area contributed by atoms with E-state index in [1.54, 1.807) is 11.5 Å². The summed E-state index contributed by atoms with van der Waals surface area (Å²) in [4.78, 5) is 45.9. The Hall–Kier alpha value is -2.80. The molecule has 0 saturated carbocycles. The molecule has 0 spiro atoms. The summed E-state index contributed by atoms with van der Waals surface area (Å²) < 4.78 is 30.0. The maximum atomic E-state index is 13.4. The van der Waals surface area contributed by atoms with Gasteiger partial charge in [0.25, 0.3) is 5.56 Å². The van der Waals surface area contributed by atoms with E-state index >= 15 is 0 Å². The summed E-state index contributed by atoms with van der Waals surface area (Å²) in [5, 5.41) is 5.32. The highest BCUT2D eigenvalue weighted by molar-refractivity contribution is 7.59. The van der Waals surface area contributed by atoms with E-state index in [2.05, 4.69) is 29.9 Å². The first-order chi connectivity index (χ1) is 15.1. The molecule has 0 aliphatic heterocycles. The van der Waals surface area contributed by atoms with Crippen molar-refractivity contribution in [2.45, 2.75) is 39.4 Å². The molecule has 2 aromatic heterocycles. The zero-order chi connectivity index (χ0) is 23.9. The Morgan fingerprint density at radius 1 is 1.28 bits per heavy atom. The number of ether oxygens (including phenoxy) is 3. The first-order valence-corrected chi connectivity index (χ1v) is 11.7. The first-order valence-electron chi connectivity index (χ1n) is 9.77. The molecule has 0 saturated heterocycles. The van der Waals surface area contributed by atoms with Gasteiger partial charge in [-0.05, 0) is 20.8 Å². The average Bonchev–Trinajstić information content (AvgIpc) is 3.13. The Labute approximate surface area is 183 Å². The number of carbonyl (C=O) groups excluding carboxylic acids is 2. The van der Waals surface area contributed by atoms with E-state index in [1.807, 2.05) is 0 Å². The first kappa shape index (κ1) is 25.5. The molecule has 5 N–H and O–H groups in total. The second-order valence-electron chi connectivity index (χ2n) is 6.82. The second-order valence-corrected chi connectivity index (χ2v) is 9.07. The van der Waals surface area contributed by atoms with Crippen LogP contribution >= 0.6 is 7.44 Å². The molecule has 32 heavy (non-hydrogen) atoms. The van der Waals surface area contributed by atoms with Crippen LogP contribution in [0, 0.1) is 0 Å². The van der Waals surface area contributed by atoms with Gasteiger partial charge in [0, 0.05) is 6.54 Å². The van der Waals surface area contributed by atoms with Gasteiger partial charge in [-0.1, -0.05) is 0 Å². The number of H-pyrrole nitrogens is 1. The molecular formula is C17H28N7O7P. The molecule has 2 heterocycles. The van der Waals surface area contributed by atoms with Crippen LogP contribution in [0.25, 0.3) is 11.2 Å². The second kappa shape index (κ2) is 11.2. The molecule has 3 atom stereocenters. The van der Waals surface area contributed by atoms with E-state index in [0.29, 0.717) is 0 Å². The van der Waals surface area contributed by atoms with Crippen molar-refractivity contribution in [3.8, 4) is 0 Å². The van der Waals surface area contributed by atoms with Gasteiger partial charge < -0.3 is 24.5 Å². The summed E-state index contributed by atoms with van der Waals surface area (Å²) in [5.74, 6) is -1.28. The summed E-state index contributed by atoms with van der Waals surface area (Å²) in [6, 6.07) is -1.84. The summed E-state index contributed by atoms with van der Waals surface area (Å²) in [6.45, 7) is 5.07. The molecule has 0 radical (unpaired) electrons. The van der Waals surface area contributed by atoms with E-state index in [9.17, 15) is 18.9 Å². The Balaban J connectivity index is 2.05. The zero-order valence-corrected chi connectivity index (χ0v) is 19.2. The number of nitrogens with two attached hydrogens (primary N) is 1. The van der Waals surface area contributed by atoms with Crippen molar-refractivity contribution in [2.24, 2.45) is 0 Å². The van der Waals surface area contributed by atoms with Crippen molar-refractivity contribution in [3.63, 3.8) is 0 Å². The molecule has 0 fully saturated rings. The minimum atomic E-state index is -3.59. The highest BCUT2D eigenvalue weighted by Gasteiger charge is 2.31. The van der Waals surface area contributed by atoms with Crippen molar-refractivity contribution in [1.29, 1.82) is 0 Å². The lowest BCUT2D eigenvalue weighted by Gasteiger charge is -2.26. The predicted octanol–water partition coefficient (Wildman–Crippen LogP) is -0.439. The molecule has 0 aliphatic carbocycles. The Morgan fingerprint density at radius 3 is 2.56 bits per heavy atom. The van der Waals surface area contributed by atoms with E-state index in [4.69, 9.17) is 15.2 Å².